The Morgan fingerprint density at radius 2 is 1.82 bits per heavy atom. The predicted octanol–water partition coefficient (Wildman–Crippen LogP) is 3.33. The van der Waals surface area contributed by atoms with E-state index in [1.165, 1.54) is 0 Å². The lowest BCUT2D eigenvalue weighted by Gasteiger charge is -2.25. The Hall–Kier alpha value is -1.26. The van der Waals surface area contributed by atoms with E-state index >= 15 is 0 Å². The number of anilines is 1. The van der Waals surface area contributed by atoms with Crippen molar-refractivity contribution >= 4 is 40.7 Å². The summed E-state index contributed by atoms with van der Waals surface area (Å²) in [4.78, 5) is 26.8. The maximum absolute atomic E-state index is 12.6. The van der Waals surface area contributed by atoms with Crippen molar-refractivity contribution in [1.82, 2.24) is 4.90 Å². The third-order valence-electron chi connectivity index (χ3n) is 5.05. The van der Waals surface area contributed by atoms with Gasteiger partial charge in [-0.1, -0.05) is 23.2 Å². The van der Waals surface area contributed by atoms with Gasteiger partial charge in [0, 0.05) is 22.3 Å². The third kappa shape index (κ3) is 2.29. The molecule has 6 heteroatoms. The minimum absolute atomic E-state index is 0.0811. The number of benzene rings is 1. The Morgan fingerprint density at radius 1 is 1.18 bits per heavy atom. The van der Waals surface area contributed by atoms with Gasteiger partial charge in [-0.15, -0.1) is 0 Å². The van der Waals surface area contributed by atoms with Crippen LogP contribution in [0.1, 0.15) is 25.7 Å². The number of carbonyl (C=O) groups excluding carboxylic acids is 2. The van der Waals surface area contributed by atoms with Crippen molar-refractivity contribution in [3.05, 3.63) is 28.2 Å². The molecule has 2 amide bonds. The highest BCUT2D eigenvalue weighted by molar-refractivity contribution is 6.35. The number of amides is 2. The van der Waals surface area contributed by atoms with Gasteiger partial charge in [0.25, 0.3) is 0 Å². The summed E-state index contributed by atoms with van der Waals surface area (Å²) in [7, 11) is 0. The molecule has 2 saturated carbocycles. The molecule has 22 heavy (non-hydrogen) atoms. The minimum Gasteiger partial charge on any atom is -0.330 e. The average Bonchev–Trinajstić information content (AvgIpc) is 3.22. The molecule has 1 N–H and O–H groups in total. The van der Waals surface area contributed by atoms with Crippen LogP contribution in [0.2, 0.25) is 10.0 Å². The molecule has 0 bridgehead atoms. The highest BCUT2D eigenvalue weighted by Gasteiger charge is 2.75. The van der Waals surface area contributed by atoms with Gasteiger partial charge in [-0.2, -0.15) is 0 Å². The van der Waals surface area contributed by atoms with Crippen molar-refractivity contribution in [3.63, 3.8) is 0 Å². The first kappa shape index (κ1) is 14.3. The van der Waals surface area contributed by atoms with Crippen molar-refractivity contribution in [2.45, 2.75) is 31.7 Å². The molecule has 3 fully saturated rings. The van der Waals surface area contributed by atoms with Crippen LogP contribution in [0, 0.1) is 11.3 Å². The normalized spacial score (nSPS) is 31.6. The second-order valence-electron chi connectivity index (χ2n) is 6.57. The van der Waals surface area contributed by atoms with Gasteiger partial charge in [-0.05, 0) is 49.8 Å². The number of hydrogen-bond acceptors (Lipinski definition) is 2. The van der Waals surface area contributed by atoms with E-state index in [0.717, 1.165) is 19.3 Å². The lowest BCUT2D eigenvalue weighted by atomic mass is 10.1. The van der Waals surface area contributed by atoms with Gasteiger partial charge in [0.05, 0.1) is 5.41 Å². The topological polar surface area (TPSA) is 49.4 Å². The molecule has 0 radical (unpaired) electrons. The predicted molar refractivity (Wildman–Crippen MR) is 85.0 cm³/mol. The van der Waals surface area contributed by atoms with Crippen LogP contribution in [-0.2, 0) is 9.59 Å². The Morgan fingerprint density at radius 3 is 2.41 bits per heavy atom. The number of fused-ring (bicyclic) bond motifs is 1. The van der Waals surface area contributed by atoms with Gasteiger partial charge in [-0.25, -0.2) is 0 Å². The summed E-state index contributed by atoms with van der Waals surface area (Å²) in [5.74, 6) is 0.619. The van der Waals surface area contributed by atoms with Crippen LogP contribution in [0.25, 0.3) is 0 Å². The molecule has 1 unspecified atom stereocenters. The lowest BCUT2D eigenvalue weighted by Crippen LogP contribution is -2.44. The summed E-state index contributed by atoms with van der Waals surface area (Å²) in [6, 6.07) is 4.55. The number of nitrogens with zero attached hydrogens (tertiary/aromatic N) is 1. The maximum Gasteiger partial charge on any atom is 0.247 e. The number of nitrogens with one attached hydrogen (secondary N) is 1. The van der Waals surface area contributed by atoms with Gasteiger partial charge >= 0.3 is 0 Å². The van der Waals surface area contributed by atoms with Gasteiger partial charge in [0.2, 0.25) is 11.8 Å². The first-order valence-corrected chi connectivity index (χ1v) is 8.33. The zero-order valence-corrected chi connectivity index (χ0v) is 13.5. The summed E-state index contributed by atoms with van der Waals surface area (Å²) in [5, 5.41) is 3.78. The van der Waals surface area contributed by atoms with Crippen LogP contribution in [0.4, 0.5) is 5.69 Å². The molecule has 4 nitrogen and oxygen atoms in total. The maximum atomic E-state index is 12.6. The molecular formula is C16H16Cl2N2O2. The Balaban J connectivity index is 1.48. The molecule has 1 aromatic rings. The quantitative estimate of drug-likeness (QED) is 0.918. The number of carbonyl (C=O) groups is 2. The summed E-state index contributed by atoms with van der Waals surface area (Å²) in [6.45, 7) is 0.682. The van der Waals surface area contributed by atoms with E-state index in [0.29, 0.717) is 34.6 Å². The smallest absolute Gasteiger partial charge is 0.247 e. The van der Waals surface area contributed by atoms with Gasteiger partial charge < -0.3 is 10.2 Å². The lowest BCUT2D eigenvalue weighted by molar-refractivity contribution is -0.139. The van der Waals surface area contributed by atoms with Crippen LogP contribution in [0.15, 0.2) is 18.2 Å². The molecular weight excluding hydrogens is 323 g/mol. The molecule has 0 spiro atoms. The fraction of sp³-hybridized carbons (Fsp3) is 0.500. The zero-order chi connectivity index (χ0) is 15.5. The Labute approximate surface area is 138 Å². The second kappa shape index (κ2) is 4.87. The fourth-order valence-electron chi connectivity index (χ4n) is 3.47. The van der Waals surface area contributed by atoms with Crippen molar-refractivity contribution in [1.29, 1.82) is 0 Å². The summed E-state index contributed by atoms with van der Waals surface area (Å²) >= 11 is 11.9. The molecule has 3 aliphatic rings. The van der Waals surface area contributed by atoms with Gasteiger partial charge in [-0.3, -0.25) is 9.59 Å². The third-order valence-corrected chi connectivity index (χ3v) is 5.49. The molecule has 4 rings (SSSR count). The standard InChI is InChI=1S/C16H16Cl2N2O2/c17-10-4-11(18)6-12(5-10)19-14(21)13-2-1-3-20(13)15(22)16-7-9(16)8-16/h4-6,9,13H,1-3,7-8H2,(H,19,21). The molecule has 1 atom stereocenters. The molecule has 2 aliphatic carbocycles. The van der Waals surface area contributed by atoms with E-state index in [1.54, 1.807) is 23.1 Å². The van der Waals surface area contributed by atoms with E-state index in [9.17, 15) is 9.59 Å². The van der Waals surface area contributed by atoms with Crippen LogP contribution < -0.4 is 5.32 Å². The molecule has 1 aromatic carbocycles. The Bertz CT molecular complexity index is 650. The SMILES string of the molecule is O=C(Nc1cc(Cl)cc(Cl)c1)C1CCCN1C(=O)C12CC1C2. The minimum atomic E-state index is -0.374. The van der Waals surface area contributed by atoms with Crippen molar-refractivity contribution in [2.24, 2.45) is 11.3 Å². The summed E-state index contributed by atoms with van der Waals surface area (Å²) in [5.41, 5.74) is 0.484. The fourth-order valence-corrected chi connectivity index (χ4v) is 4.00. The second-order valence-corrected chi connectivity index (χ2v) is 7.44. The van der Waals surface area contributed by atoms with Crippen LogP contribution in [0.3, 0.4) is 0 Å². The number of hydrogen-bond donors (Lipinski definition) is 1. The van der Waals surface area contributed by atoms with Crippen LogP contribution in [0.5, 0.6) is 0 Å². The summed E-state index contributed by atoms with van der Waals surface area (Å²) < 4.78 is 0. The van der Waals surface area contributed by atoms with Crippen LogP contribution in [-0.4, -0.2) is 29.3 Å². The van der Waals surface area contributed by atoms with Crippen molar-refractivity contribution in [3.8, 4) is 0 Å². The van der Waals surface area contributed by atoms with E-state index in [4.69, 9.17) is 23.2 Å². The zero-order valence-electron chi connectivity index (χ0n) is 11.9. The highest BCUT2D eigenvalue weighted by Crippen LogP contribution is 2.76. The monoisotopic (exact) mass is 338 g/mol. The molecule has 116 valence electrons. The number of rotatable bonds is 3. The first-order valence-electron chi connectivity index (χ1n) is 7.58. The Kier molecular flexibility index (Phi) is 3.17. The number of halogens is 2. The molecule has 1 aliphatic heterocycles. The van der Waals surface area contributed by atoms with E-state index in [2.05, 4.69) is 5.32 Å². The van der Waals surface area contributed by atoms with Gasteiger partial charge in [0.1, 0.15) is 6.04 Å². The number of likely N-dealkylation sites (tertiary alicyclic amines) is 1. The van der Waals surface area contributed by atoms with E-state index in [-0.39, 0.29) is 23.3 Å². The largest absolute Gasteiger partial charge is 0.330 e. The molecule has 1 heterocycles. The van der Waals surface area contributed by atoms with Gasteiger partial charge in [0.15, 0.2) is 0 Å². The van der Waals surface area contributed by atoms with E-state index in [1.807, 2.05) is 0 Å². The van der Waals surface area contributed by atoms with Crippen molar-refractivity contribution < 1.29 is 9.59 Å². The first-order chi connectivity index (χ1) is 10.5. The van der Waals surface area contributed by atoms with E-state index < -0.39 is 0 Å². The van der Waals surface area contributed by atoms with Crippen LogP contribution >= 0.6 is 23.2 Å². The average molecular weight is 339 g/mol. The molecule has 1 saturated heterocycles. The molecule has 0 aromatic heterocycles. The highest BCUT2D eigenvalue weighted by atomic mass is 35.5. The summed E-state index contributed by atoms with van der Waals surface area (Å²) in [6.07, 6.45) is 3.62. The van der Waals surface area contributed by atoms with Crippen molar-refractivity contribution in [2.75, 3.05) is 11.9 Å².